The second-order valence-electron chi connectivity index (χ2n) is 6.93. The lowest BCUT2D eigenvalue weighted by Gasteiger charge is -2.25. The van der Waals surface area contributed by atoms with Gasteiger partial charge in [-0.15, -0.1) is 0 Å². The maximum absolute atomic E-state index is 13.4. The molecule has 0 saturated heterocycles. The minimum atomic E-state index is -3.92. The standard InChI is InChI=1S/C24H26N2O4S/c1-3-30-23-16-10-8-12-20(23)17-25-24(27)18-26(22-15-9-7-11-19(22)2)31(28,29)21-13-5-4-6-14-21/h4-16H,3,17-18H2,1-2H3,(H,25,27). The van der Waals surface area contributed by atoms with Crippen molar-refractivity contribution in [3.63, 3.8) is 0 Å². The maximum atomic E-state index is 13.4. The molecule has 31 heavy (non-hydrogen) atoms. The molecule has 0 saturated carbocycles. The van der Waals surface area contributed by atoms with E-state index in [1.807, 2.05) is 50.2 Å². The number of hydrogen-bond donors (Lipinski definition) is 1. The van der Waals surface area contributed by atoms with Crippen LogP contribution in [0.3, 0.4) is 0 Å². The van der Waals surface area contributed by atoms with Gasteiger partial charge in [-0.1, -0.05) is 54.6 Å². The quantitative estimate of drug-likeness (QED) is 0.550. The molecule has 0 radical (unpaired) electrons. The fourth-order valence-corrected chi connectivity index (χ4v) is 4.70. The third kappa shape index (κ3) is 5.44. The number of rotatable bonds is 9. The van der Waals surface area contributed by atoms with Gasteiger partial charge in [0.15, 0.2) is 0 Å². The summed E-state index contributed by atoms with van der Waals surface area (Å²) in [5, 5.41) is 2.82. The van der Waals surface area contributed by atoms with Crippen molar-refractivity contribution in [1.82, 2.24) is 5.32 Å². The average molecular weight is 439 g/mol. The highest BCUT2D eigenvalue weighted by atomic mass is 32.2. The van der Waals surface area contributed by atoms with Gasteiger partial charge in [0.1, 0.15) is 12.3 Å². The number of carbonyl (C=O) groups is 1. The van der Waals surface area contributed by atoms with Crippen molar-refractivity contribution in [3.05, 3.63) is 90.0 Å². The summed E-state index contributed by atoms with van der Waals surface area (Å²) in [5.41, 5.74) is 2.05. The van der Waals surface area contributed by atoms with Gasteiger partial charge in [-0.25, -0.2) is 8.42 Å². The lowest BCUT2D eigenvalue weighted by atomic mass is 10.2. The van der Waals surface area contributed by atoms with Crippen molar-refractivity contribution in [2.75, 3.05) is 17.5 Å². The average Bonchev–Trinajstić information content (AvgIpc) is 2.78. The zero-order chi connectivity index (χ0) is 22.3. The Morgan fingerprint density at radius 3 is 2.29 bits per heavy atom. The first kappa shape index (κ1) is 22.4. The Kier molecular flexibility index (Phi) is 7.31. The first-order chi connectivity index (χ1) is 14.9. The van der Waals surface area contributed by atoms with Crippen LogP contribution >= 0.6 is 0 Å². The molecule has 3 aromatic rings. The topological polar surface area (TPSA) is 75.7 Å². The Bertz CT molecular complexity index is 1130. The van der Waals surface area contributed by atoms with E-state index in [2.05, 4.69) is 5.32 Å². The van der Waals surface area contributed by atoms with E-state index in [0.717, 1.165) is 15.4 Å². The summed E-state index contributed by atoms with van der Waals surface area (Å²) >= 11 is 0. The Morgan fingerprint density at radius 1 is 0.935 bits per heavy atom. The first-order valence-electron chi connectivity index (χ1n) is 10.0. The third-order valence-electron chi connectivity index (χ3n) is 4.75. The number of carbonyl (C=O) groups excluding carboxylic acids is 1. The van der Waals surface area contributed by atoms with Crippen LogP contribution in [0, 0.1) is 6.92 Å². The van der Waals surface area contributed by atoms with Crippen LogP contribution in [0.4, 0.5) is 5.69 Å². The van der Waals surface area contributed by atoms with Gasteiger partial charge in [-0.3, -0.25) is 9.10 Å². The predicted octanol–water partition coefficient (Wildman–Crippen LogP) is 3.91. The molecular formula is C24H26N2O4S. The molecule has 0 aliphatic carbocycles. The van der Waals surface area contributed by atoms with Gasteiger partial charge in [-0.05, 0) is 43.7 Å². The van der Waals surface area contributed by atoms with Gasteiger partial charge in [0.25, 0.3) is 10.0 Å². The number of nitrogens with one attached hydrogen (secondary N) is 1. The van der Waals surface area contributed by atoms with Crippen LogP contribution in [0.5, 0.6) is 5.75 Å². The Labute approximate surface area is 183 Å². The summed E-state index contributed by atoms with van der Waals surface area (Å²) in [6.45, 7) is 4.13. The number of hydrogen-bond acceptors (Lipinski definition) is 4. The van der Waals surface area contributed by atoms with E-state index >= 15 is 0 Å². The number of para-hydroxylation sites is 2. The highest BCUT2D eigenvalue weighted by Gasteiger charge is 2.28. The molecule has 0 spiro atoms. The van der Waals surface area contributed by atoms with Crippen molar-refractivity contribution >= 4 is 21.6 Å². The fourth-order valence-electron chi connectivity index (χ4n) is 3.19. The molecule has 7 heteroatoms. The van der Waals surface area contributed by atoms with Crippen LogP contribution in [-0.4, -0.2) is 27.5 Å². The number of amides is 1. The molecule has 0 bridgehead atoms. The van der Waals surface area contributed by atoms with Crippen LogP contribution in [0.25, 0.3) is 0 Å². The molecule has 3 rings (SSSR count). The van der Waals surface area contributed by atoms with E-state index in [-0.39, 0.29) is 18.0 Å². The van der Waals surface area contributed by atoms with Crippen molar-refractivity contribution in [1.29, 1.82) is 0 Å². The van der Waals surface area contributed by atoms with Crippen LogP contribution in [0.2, 0.25) is 0 Å². The number of sulfonamides is 1. The monoisotopic (exact) mass is 438 g/mol. The van der Waals surface area contributed by atoms with E-state index in [9.17, 15) is 13.2 Å². The minimum absolute atomic E-state index is 0.132. The zero-order valence-corrected chi connectivity index (χ0v) is 18.4. The van der Waals surface area contributed by atoms with Crippen LogP contribution < -0.4 is 14.4 Å². The summed E-state index contributed by atoms with van der Waals surface area (Å²) in [6, 6.07) is 22.7. The summed E-state index contributed by atoms with van der Waals surface area (Å²) in [6.07, 6.45) is 0. The van der Waals surface area contributed by atoms with Gasteiger partial charge in [0.2, 0.25) is 5.91 Å². The van der Waals surface area contributed by atoms with Gasteiger partial charge >= 0.3 is 0 Å². The molecule has 0 aromatic heterocycles. The van der Waals surface area contributed by atoms with Crippen LogP contribution in [-0.2, 0) is 21.4 Å². The van der Waals surface area contributed by atoms with Gasteiger partial charge in [0.05, 0.1) is 17.2 Å². The molecule has 0 aliphatic heterocycles. The summed E-state index contributed by atoms with van der Waals surface area (Å²) in [7, 11) is -3.92. The zero-order valence-electron chi connectivity index (χ0n) is 17.6. The molecule has 6 nitrogen and oxygen atoms in total. The molecule has 0 aliphatic rings. The molecule has 162 valence electrons. The number of aryl methyl sites for hydroxylation is 1. The molecular weight excluding hydrogens is 412 g/mol. The Morgan fingerprint density at radius 2 is 1.58 bits per heavy atom. The molecule has 0 fully saturated rings. The predicted molar refractivity (Wildman–Crippen MR) is 122 cm³/mol. The molecule has 1 amide bonds. The number of benzene rings is 3. The molecule has 1 N–H and O–H groups in total. The first-order valence-corrected chi connectivity index (χ1v) is 11.5. The molecule has 0 heterocycles. The summed E-state index contributed by atoms with van der Waals surface area (Å²) in [4.78, 5) is 12.9. The third-order valence-corrected chi connectivity index (χ3v) is 6.52. The highest BCUT2D eigenvalue weighted by Crippen LogP contribution is 2.26. The fraction of sp³-hybridized carbons (Fsp3) is 0.208. The lowest BCUT2D eigenvalue weighted by molar-refractivity contribution is -0.119. The van der Waals surface area contributed by atoms with Crippen LogP contribution in [0.15, 0.2) is 83.8 Å². The van der Waals surface area contributed by atoms with Crippen molar-refractivity contribution < 1.29 is 17.9 Å². The lowest BCUT2D eigenvalue weighted by Crippen LogP contribution is -2.41. The SMILES string of the molecule is CCOc1ccccc1CNC(=O)CN(c1ccccc1C)S(=O)(=O)c1ccccc1. The second kappa shape index (κ2) is 10.1. The number of anilines is 1. The van der Waals surface area contributed by atoms with Crippen molar-refractivity contribution in [2.24, 2.45) is 0 Å². The Balaban J connectivity index is 1.84. The molecule has 0 atom stereocenters. The summed E-state index contributed by atoms with van der Waals surface area (Å²) in [5.74, 6) is 0.284. The molecule has 0 unspecified atom stereocenters. The van der Waals surface area contributed by atoms with Gasteiger partial charge in [-0.2, -0.15) is 0 Å². The van der Waals surface area contributed by atoms with E-state index in [0.29, 0.717) is 18.0 Å². The molecule has 3 aromatic carbocycles. The van der Waals surface area contributed by atoms with Gasteiger partial charge in [0, 0.05) is 12.1 Å². The Hall–Kier alpha value is -3.32. The normalized spacial score (nSPS) is 11.0. The number of nitrogens with zero attached hydrogens (tertiary/aromatic N) is 1. The van der Waals surface area contributed by atoms with Crippen molar-refractivity contribution in [3.8, 4) is 5.75 Å². The van der Waals surface area contributed by atoms with Gasteiger partial charge < -0.3 is 10.1 Å². The summed E-state index contributed by atoms with van der Waals surface area (Å²) < 4.78 is 33.5. The van der Waals surface area contributed by atoms with E-state index in [4.69, 9.17) is 4.74 Å². The number of ether oxygens (including phenoxy) is 1. The van der Waals surface area contributed by atoms with E-state index in [1.54, 1.807) is 30.3 Å². The van der Waals surface area contributed by atoms with E-state index in [1.165, 1.54) is 12.1 Å². The largest absolute Gasteiger partial charge is 0.494 e. The minimum Gasteiger partial charge on any atom is -0.494 e. The highest BCUT2D eigenvalue weighted by molar-refractivity contribution is 7.92. The smallest absolute Gasteiger partial charge is 0.264 e. The van der Waals surface area contributed by atoms with E-state index < -0.39 is 15.9 Å². The van der Waals surface area contributed by atoms with Crippen molar-refractivity contribution in [2.45, 2.75) is 25.3 Å². The van der Waals surface area contributed by atoms with Crippen LogP contribution in [0.1, 0.15) is 18.1 Å². The maximum Gasteiger partial charge on any atom is 0.264 e. The second-order valence-corrected chi connectivity index (χ2v) is 8.79.